The molecule has 2 aromatic rings. The molecule has 1 heterocycles. The number of anilines is 1. The molecule has 3 rings (SSSR count). The molecule has 0 radical (unpaired) electrons. The lowest BCUT2D eigenvalue weighted by Crippen LogP contribution is -2.33. The summed E-state index contributed by atoms with van der Waals surface area (Å²) in [4.78, 5) is 25.6. The molecule has 19 heavy (non-hydrogen) atoms. The minimum atomic E-state index is -0.299. The van der Waals surface area contributed by atoms with Crippen molar-refractivity contribution >= 4 is 29.1 Å². The Hall–Kier alpha value is -2.13. The van der Waals surface area contributed by atoms with Crippen molar-refractivity contribution in [1.82, 2.24) is 0 Å². The first-order chi connectivity index (χ1) is 9.16. The molecule has 2 aromatic carbocycles. The van der Waals surface area contributed by atoms with Gasteiger partial charge in [0.2, 0.25) is 5.91 Å². The van der Waals surface area contributed by atoms with Gasteiger partial charge in [-0.05, 0) is 35.9 Å². The molecule has 94 valence electrons. The van der Waals surface area contributed by atoms with Crippen LogP contribution in [-0.2, 0) is 11.2 Å². The summed E-state index contributed by atoms with van der Waals surface area (Å²) < 4.78 is 0. The molecule has 0 fully saturated rings. The number of rotatable bonds is 1. The lowest BCUT2D eigenvalue weighted by Gasteiger charge is -2.15. The molecule has 0 N–H and O–H groups in total. The topological polar surface area (TPSA) is 37.4 Å². The Morgan fingerprint density at radius 1 is 1.11 bits per heavy atom. The largest absolute Gasteiger partial charge is 0.274 e. The Bertz CT molecular complexity index is 667. The molecule has 0 spiro atoms. The predicted octanol–water partition coefficient (Wildman–Crippen LogP) is 3.07. The van der Waals surface area contributed by atoms with E-state index in [1.807, 2.05) is 6.07 Å². The van der Waals surface area contributed by atoms with Gasteiger partial charge in [-0.25, -0.2) is 4.90 Å². The van der Waals surface area contributed by atoms with E-state index in [2.05, 4.69) is 0 Å². The average molecular weight is 272 g/mol. The second kappa shape index (κ2) is 4.52. The highest BCUT2D eigenvalue weighted by Crippen LogP contribution is 2.32. The van der Waals surface area contributed by atoms with Crippen LogP contribution in [0.15, 0.2) is 48.5 Å². The van der Waals surface area contributed by atoms with Crippen molar-refractivity contribution in [2.24, 2.45) is 0 Å². The first-order valence-electron chi connectivity index (χ1n) is 5.87. The van der Waals surface area contributed by atoms with Gasteiger partial charge in [0.1, 0.15) is 0 Å². The van der Waals surface area contributed by atoms with Crippen molar-refractivity contribution in [1.29, 1.82) is 0 Å². The van der Waals surface area contributed by atoms with Crippen LogP contribution in [0.1, 0.15) is 15.9 Å². The number of imide groups is 1. The van der Waals surface area contributed by atoms with Crippen LogP contribution in [0.5, 0.6) is 0 Å². The normalized spacial score (nSPS) is 13.5. The van der Waals surface area contributed by atoms with Gasteiger partial charge in [0.25, 0.3) is 5.91 Å². The fraction of sp³-hybridized carbons (Fsp3) is 0.0667. The number of hydrogen-bond donors (Lipinski definition) is 0. The molecule has 0 aliphatic carbocycles. The summed E-state index contributed by atoms with van der Waals surface area (Å²) >= 11 is 5.90. The fourth-order valence-electron chi connectivity index (χ4n) is 2.22. The van der Waals surface area contributed by atoms with E-state index in [1.165, 1.54) is 4.90 Å². The Balaban J connectivity index is 2.03. The smallest absolute Gasteiger partial charge is 0.265 e. The van der Waals surface area contributed by atoms with Gasteiger partial charge in [0.05, 0.1) is 12.1 Å². The number of halogens is 1. The van der Waals surface area contributed by atoms with Gasteiger partial charge in [-0.3, -0.25) is 9.59 Å². The van der Waals surface area contributed by atoms with Crippen LogP contribution in [0.2, 0.25) is 5.02 Å². The zero-order chi connectivity index (χ0) is 13.4. The Morgan fingerprint density at radius 2 is 1.84 bits per heavy atom. The number of carbonyl (C=O) groups is 2. The van der Waals surface area contributed by atoms with Crippen LogP contribution >= 0.6 is 11.6 Å². The number of benzene rings is 2. The third-order valence-electron chi connectivity index (χ3n) is 3.10. The number of fused-ring (bicyclic) bond motifs is 1. The van der Waals surface area contributed by atoms with Gasteiger partial charge in [-0.1, -0.05) is 29.8 Å². The van der Waals surface area contributed by atoms with Crippen molar-refractivity contribution in [3.8, 4) is 0 Å². The highest BCUT2D eigenvalue weighted by molar-refractivity contribution is 6.31. The molecule has 4 heteroatoms. The quantitative estimate of drug-likeness (QED) is 0.748. The van der Waals surface area contributed by atoms with E-state index in [1.54, 1.807) is 42.5 Å². The van der Waals surface area contributed by atoms with Crippen LogP contribution in [0.3, 0.4) is 0 Å². The van der Waals surface area contributed by atoms with E-state index in [0.29, 0.717) is 16.3 Å². The number of carbonyl (C=O) groups excluding carboxylic acids is 2. The van der Waals surface area contributed by atoms with Crippen molar-refractivity contribution in [2.75, 3.05) is 4.90 Å². The summed E-state index contributed by atoms with van der Waals surface area (Å²) in [5.74, 6) is -0.516. The van der Waals surface area contributed by atoms with Gasteiger partial charge in [0.15, 0.2) is 0 Å². The maximum absolute atomic E-state index is 12.4. The molecular formula is C15H10ClNO2. The average Bonchev–Trinajstić information content (AvgIpc) is 2.74. The van der Waals surface area contributed by atoms with Crippen molar-refractivity contribution in [3.05, 3.63) is 64.7 Å². The standard InChI is InChI=1S/C15H10ClNO2/c16-12-6-7-13-11(8-12)9-14(18)17(13)15(19)10-4-2-1-3-5-10/h1-8H,9H2. The lowest BCUT2D eigenvalue weighted by atomic mass is 10.1. The summed E-state index contributed by atoms with van der Waals surface area (Å²) in [6.45, 7) is 0. The number of hydrogen-bond acceptors (Lipinski definition) is 2. The summed E-state index contributed by atoms with van der Waals surface area (Å²) in [5.41, 5.74) is 1.92. The summed E-state index contributed by atoms with van der Waals surface area (Å²) in [6.07, 6.45) is 0.217. The Labute approximate surface area is 115 Å². The highest BCUT2D eigenvalue weighted by Gasteiger charge is 2.32. The fourth-order valence-corrected chi connectivity index (χ4v) is 2.42. The molecule has 1 aliphatic heterocycles. The molecular weight excluding hydrogens is 262 g/mol. The van der Waals surface area contributed by atoms with E-state index >= 15 is 0 Å². The molecule has 0 atom stereocenters. The van der Waals surface area contributed by atoms with Gasteiger partial charge in [-0.15, -0.1) is 0 Å². The summed E-state index contributed by atoms with van der Waals surface area (Å²) in [5, 5.41) is 0.570. The van der Waals surface area contributed by atoms with Crippen LogP contribution in [0.4, 0.5) is 5.69 Å². The van der Waals surface area contributed by atoms with E-state index in [-0.39, 0.29) is 18.2 Å². The summed E-state index contributed by atoms with van der Waals surface area (Å²) in [7, 11) is 0. The monoisotopic (exact) mass is 271 g/mol. The number of amides is 2. The van der Waals surface area contributed by atoms with Crippen LogP contribution in [0, 0.1) is 0 Å². The Morgan fingerprint density at radius 3 is 2.58 bits per heavy atom. The summed E-state index contributed by atoms with van der Waals surface area (Å²) in [6, 6.07) is 13.9. The third-order valence-corrected chi connectivity index (χ3v) is 3.33. The van der Waals surface area contributed by atoms with Crippen LogP contribution in [-0.4, -0.2) is 11.8 Å². The maximum atomic E-state index is 12.4. The minimum Gasteiger partial charge on any atom is -0.274 e. The van der Waals surface area contributed by atoms with Gasteiger partial charge >= 0.3 is 0 Å². The maximum Gasteiger partial charge on any atom is 0.265 e. The molecule has 1 aliphatic rings. The molecule has 0 bridgehead atoms. The van der Waals surface area contributed by atoms with E-state index in [0.717, 1.165) is 5.56 Å². The first-order valence-corrected chi connectivity index (χ1v) is 6.25. The van der Waals surface area contributed by atoms with Crippen molar-refractivity contribution in [2.45, 2.75) is 6.42 Å². The van der Waals surface area contributed by atoms with Crippen LogP contribution in [0.25, 0.3) is 0 Å². The second-order valence-electron chi connectivity index (χ2n) is 4.35. The van der Waals surface area contributed by atoms with Crippen LogP contribution < -0.4 is 4.90 Å². The van der Waals surface area contributed by atoms with E-state index in [4.69, 9.17) is 11.6 Å². The van der Waals surface area contributed by atoms with E-state index in [9.17, 15) is 9.59 Å². The molecule has 2 amide bonds. The molecule has 0 aromatic heterocycles. The van der Waals surface area contributed by atoms with Gasteiger partial charge < -0.3 is 0 Å². The van der Waals surface area contributed by atoms with Crippen molar-refractivity contribution in [3.63, 3.8) is 0 Å². The Kier molecular flexibility index (Phi) is 2.84. The second-order valence-corrected chi connectivity index (χ2v) is 4.79. The molecule has 0 saturated carbocycles. The zero-order valence-corrected chi connectivity index (χ0v) is 10.7. The van der Waals surface area contributed by atoms with Gasteiger partial charge in [0, 0.05) is 10.6 Å². The molecule has 0 saturated heterocycles. The highest BCUT2D eigenvalue weighted by atomic mass is 35.5. The van der Waals surface area contributed by atoms with E-state index < -0.39 is 0 Å². The molecule has 3 nitrogen and oxygen atoms in total. The van der Waals surface area contributed by atoms with Gasteiger partial charge in [-0.2, -0.15) is 0 Å². The lowest BCUT2D eigenvalue weighted by molar-refractivity contribution is -0.116. The zero-order valence-electron chi connectivity index (χ0n) is 9.97. The van der Waals surface area contributed by atoms with Crippen molar-refractivity contribution < 1.29 is 9.59 Å². The molecule has 0 unspecified atom stereocenters. The number of nitrogens with zero attached hydrogens (tertiary/aromatic N) is 1. The minimum absolute atomic E-state index is 0.217. The third kappa shape index (κ3) is 2.02. The SMILES string of the molecule is O=C1Cc2cc(Cl)ccc2N1C(=O)c1ccccc1. The first kappa shape index (κ1) is 11.9. The predicted molar refractivity (Wildman–Crippen MR) is 73.4 cm³/mol.